The molecule has 96 valence electrons. The van der Waals surface area contributed by atoms with Crippen LogP contribution in [0.4, 0.5) is 0 Å². The van der Waals surface area contributed by atoms with Crippen molar-refractivity contribution in [3.8, 4) is 0 Å². The molecule has 0 saturated heterocycles. The second kappa shape index (κ2) is 5.83. The van der Waals surface area contributed by atoms with Crippen LogP contribution < -0.4 is 5.73 Å². The smallest absolute Gasteiger partial charge is 0.0627 e. The van der Waals surface area contributed by atoms with E-state index in [1.807, 2.05) is 17.9 Å². The average Bonchev–Trinajstić information content (AvgIpc) is 2.74. The second-order valence-corrected chi connectivity index (χ2v) is 4.98. The van der Waals surface area contributed by atoms with Crippen molar-refractivity contribution in [2.45, 2.75) is 19.8 Å². The average molecular weight is 243 g/mol. The van der Waals surface area contributed by atoms with Crippen LogP contribution in [-0.2, 0) is 19.9 Å². The summed E-state index contributed by atoms with van der Waals surface area (Å²) in [5, 5.41) is 4.42. The highest BCUT2D eigenvalue weighted by Gasteiger charge is 2.10. The molecular weight excluding hydrogens is 222 g/mol. The van der Waals surface area contributed by atoms with Gasteiger partial charge >= 0.3 is 0 Å². The van der Waals surface area contributed by atoms with Gasteiger partial charge in [0.15, 0.2) is 0 Å². The van der Waals surface area contributed by atoms with Crippen LogP contribution in [0, 0.1) is 12.8 Å². The van der Waals surface area contributed by atoms with Gasteiger partial charge in [0.25, 0.3) is 0 Å². The van der Waals surface area contributed by atoms with Crippen LogP contribution in [-0.4, -0.2) is 16.3 Å². The van der Waals surface area contributed by atoms with E-state index in [-0.39, 0.29) is 0 Å². The van der Waals surface area contributed by atoms with Crippen LogP contribution in [0.15, 0.2) is 36.5 Å². The molecule has 18 heavy (non-hydrogen) atoms. The lowest BCUT2D eigenvalue weighted by Crippen LogP contribution is -2.19. The van der Waals surface area contributed by atoms with Crippen LogP contribution in [0.5, 0.6) is 0 Å². The Balaban J connectivity index is 2.01. The minimum Gasteiger partial charge on any atom is -0.330 e. The third-order valence-electron chi connectivity index (χ3n) is 3.21. The van der Waals surface area contributed by atoms with Gasteiger partial charge in [-0.05, 0) is 43.9 Å². The zero-order valence-corrected chi connectivity index (χ0v) is 11.1. The van der Waals surface area contributed by atoms with E-state index in [0.29, 0.717) is 12.5 Å². The van der Waals surface area contributed by atoms with Crippen LogP contribution in [0.3, 0.4) is 0 Å². The maximum atomic E-state index is 5.88. The number of benzene rings is 1. The van der Waals surface area contributed by atoms with Crippen molar-refractivity contribution in [1.82, 2.24) is 9.78 Å². The number of nitrogens with two attached hydrogens (primary N) is 1. The van der Waals surface area contributed by atoms with E-state index in [1.54, 1.807) is 0 Å². The van der Waals surface area contributed by atoms with Crippen molar-refractivity contribution in [1.29, 1.82) is 0 Å². The van der Waals surface area contributed by atoms with Crippen molar-refractivity contribution in [3.63, 3.8) is 0 Å². The zero-order valence-electron chi connectivity index (χ0n) is 11.1. The van der Waals surface area contributed by atoms with Gasteiger partial charge in [0.1, 0.15) is 0 Å². The van der Waals surface area contributed by atoms with Gasteiger partial charge in [-0.2, -0.15) is 5.10 Å². The Hall–Kier alpha value is -1.61. The number of aromatic nitrogens is 2. The largest absolute Gasteiger partial charge is 0.330 e. The van der Waals surface area contributed by atoms with E-state index in [9.17, 15) is 0 Å². The molecule has 0 saturated carbocycles. The fourth-order valence-electron chi connectivity index (χ4n) is 2.28. The third kappa shape index (κ3) is 3.44. The molecule has 2 aromatic rings. The summed E-state index contributed by atoms with van der Waals surface area (Å²) < 4.78 is 1.84. The molecule has 2 N–H and O–H groups in total. The summed E-state index contributed by atoms with van der Waals surface area (Å²) in [7, 11) is 1.95. The number of aryl methyl sites for hydroxylation is 2. The molecule has 1 unspecified atom stereocenters. The van der Waals surface area contributed by atoms with Crippen molar-refractivity contribution >= 4 is 0 Å². The molecule has 0 spiro atoms. The normalized spacial score (nSPS) is 12.6. The summed E-state index contributed by atoms with van der Waals surface area (Å²) in [5.41, 5.74) is 9.67. The minimum atomic E-state index is 0.460. The fraction of sp³-hybridized carbons (Fsp3) is 0.400. The number of hydrogen-bond acceptors (Lipinski definition) is 2. The molecule has 1 heterocycles. The SMILES string of the molecule is Cc1cccc(CC(CN)Cc2ccn(C)n2)c1. The van der Waals surface area contributed by atoms with E-state index < -0.39 is 0 Å². The number of rotatable bonds is 5. The lowest BCUT2D eigenvalue weighted by Gasteiger charge is -2.13. The molecule has 0 fully saturated rings. The first kappa shape index (κ1) is 12.8. The summed E-state index contributed by atoms with van der Waals surface area (Å²) in [4.78, 5) is 0. The molecule has 0 bridgehead atoms. The molecule has 3 heteroatoms. The Kier molecular flexibility index (Phi) is 4.15. The number of hydrogen-bond donors (Lipinski definition) is 1. The van der Waals surface area contributed by atoms with Crippen molar-refractivity contribution in [2.24, 2.45) is 18.7 Å². The van der Waals surface area contributed by atoms with E-state index in [1.165, 1.54) is 11.1 Å². The van der Waals surface area contributed by atoms with Gasteiger partial charge < -0.3 is 5.73 Å². The van der Waals surface area contributed by atoms with E-state index in [4.69, 9.17) is 5.73 Å². The lowest BCUT2D eigenvalue weighted by molar-refractivity contribution is 0.522. The van der Waals surface area contributed by atoms with Crippen LogP contribution in [0.1, 0.15) is 16.8 Å². The van der Waals surface area contributed by atoms with Crippen molar-refractivity contribution in [2.75, 3.05) is 6.54 Å². The van der Waals surface area contributed by atoms with E-state index in [0.717, 1.165) is 18.5 Å². The minimum absolute atomic E-state index is 0.460. The van der Waals surface area contributed by atoms with Crippen molar-refractivity contribution in [3.05, 3.63) is 53.3 Å². The van der Waals surface area contributed by atoms with Crippen LogP contribution >= 0.6 is 0 Å². The first-order valence-electron chi connectivity index (χ1n) is 6.41. The highest BCUT2D eigenvalue weighted by atomic mass is 15.2. The molecule has 2 rings (SSSR count). The predicted molar refractivity (Wildman–Crippen MR) is 74.3 cm³/mol. The van der Waals surface area contributed by atoms with Crippen LogP contribution in [0.25, 0.3) is 0 Å². The van der Waals surface area contributed by atoms with Crippen molar-refractivity contribution < 1.29 is 0 Å². The van der Waals surface area contributed by atoms with Gasteiger partial charge in [-0.1, -0.05) is 29.8 Å². The first-order valence-corrected chi connectivity index (χ1v) is 6.41. The van der Waals surface area contributed by atoms with Gasteiger partial charge in [-0.3, -0.25) is 4.68 Å². The highest BCUT2D eigenvalue weighted by Crippen LogP contribution is 2.14. The maximum absolute atomic E-state index is 5.88. The Bertz CT molecular complexity index is 502. The Morgan fingerprint density at radius 3 is 2.72 bits per heavy atom. The topological polar surface area (TPSA) is 43.8 Å². The standard InChI is InChI=1S/C15H21N3/c1-12-4-3-5-13(8-12)9-14(11-16)10-15-6-7-18(2)17-15/h3-8,14H,9-11,16H2,1-2H3. The zero-order chi connectivity index (χ0) is 13.0. The fourth-order valence-corrected chi connectivity index (χ4v) is 2.28. The summed E-state index contributed by atoms with van der Waals surface area (Å²) in [5.74, 6) is 0.460. The third-order valence-corrected chi connectivity index (χ3v) is 3.21. The quantitative estimate of drug-likeness (QED) is 0.874. The molecule has 0 amide bonds. The Morgan fingerprint density at radius 2 is 2.11 bits per heavy atom. The molecule has 0 aliphatic rings. The van der Waals surface area contributed by atoms with E-state index >= 15 is 0 Å². The molecule has 0 radical (unpaired) electrons. The predicted octanol–water partition coefficient (Wildman–Crippen LogP) is 2.09. The molecule has 1 aromatic heterocycles. The van der Waals surface area contributed by atoms with Gasteiger partial charge in [0, 0.05) is 13.2 Å². The second-order valence-electron chi connectivity index (χ2n) is 4.98. The van der Waals surface area contributed by atoms with Gasteiger partial charge in [0.05, 0.1) is 5.69 Å². The monoisotopic (exact) mass is 243 g/mol. The van der Waals surface area contributed by atoms with Gasteiger partial charge in [-0.15, -0.1) is 0 Å². The molecule has 0 aliphatic carbocycles. The van der Waals surface area contributed by atoms with Gasteiger partial charge in [-0.25, -0.2) is 0 Å². The molecule has 1 aromatic carbocycles. The van der Waals surface area contributed by atoms with Crippen LogP contribution in [0.2, 0.25) is 0 Å². The summed E-state index contributed by atoms with van der Waals surface area (Å²) >= 11 is 0. The Morgan fingerprint density at radius 1 is 1.28 bits per heavy atom. The number of nitrogens with zero attached hydrogens (tertiary/aromatic N) is 2. The Labute approximate surface area is 109 Å². The summed E-state index contributed by atoms with van der Waals surface area (Å²) in [6, 6.07) is 10.7. The molecule has 3 nitrogen and oxygen atoms in total. The van der Waals surface area contributed by atoms with Gasteiger partial charge in [0.2, 0.25) is 0 Å². The highest BCUT2D eigenvalue weighted by molar-refractivity contribution is 5.22. The molecular formula is C15H21N3. The maximum Gasteiger partial charge on any atom is 0.0627 e. The first-order chi connectivity index (χ1) is 8.67. The lowest BCUT2D eigenvalue weighted by atomic mass is 9.94. The summed E-state index contributed by atoms with van der Waals surface area (Å²) in [6.07, 6.45) is 3.95. The molecule has 0 aliphatic heterocycles. The molecule has 1 atom stereocenters. The van der Waals surface area contributed by atoms with E-state index in [2.05, 4.69) is 42.4 Å². The summed E-state index contributed by atoms with van der Waals surface area (Å²) in [6.45, 7) is 2.82.